The third-order valence-electron chi connectivity index (χ3n) is 2.70. The Kier molecular flexibility index (Phi) is 3.31. The summed E-state index contributed by atoms with van der Waals surface area (Å²) in [7, 11) is 0. The van der Waals surface area contributed by atoms with Crippen molar-refractivity contribution in [1.82, 2.24) is 5.32 Å². The molecular formula is C10H19NO2. The van der Waals surface area contributed by atoms with Gasteiger partial charge in [0.1, 0.15) is 6.04 Å². The van der Waals surface area contributed by atoms with Crippen molar-refractivity contribution in [2.24, 2.45) is 11.8 Å². The van der Waals surface area contributed by atoms with Gasteiger partial charge in [-0.3, -0.25) is 4.79 Å². The molecule has 3 heteroatoms. The van der Waals surface area contributed by atoms with Gasteiger partial charge in [0.25, 0.3) is 0 Å². The van der Waals surface area contributed by atoms with E-state index in [0.29, 0.717) is 12.0 Å². The van der Waals surface area contributed by atoms with Crippen molar-refractivity contribution in [1.29, 1.82) is 0 Å². The second-order valence-corrected chi connectivity index (χ2v) is 4.35. The topological polar surface area (TPSA) is 49.3 Å². The Morgan fingerprint density at radius 3 is 2.23 bits per heavy atom. The highest BCUT2D eigenvalue weighted by Crippen LogP contribution is 2.32. The lowest BCUT2D eigenvalue weighted by Crippen LogP contribution is -2.46. The molecule has 0 aromatic carbocycles. The van der Waals surface area contributed by atoms with Crippen LogP contribution in [0.1, 0.15) is 33.6 Å². The standard InChI is InChI=1S/C10H19NO2/c1-6(2)9(10(12)13)11-7(3)8-4-5-8/h6-9,11H,4-5H2,1-3H3,(H,12,13). The molecule has 13 heavy (non-hydrogen) atoms. The summed E-state index contributed by atoms with van der Waals surface area (Å²) >= 11 is 0. The summed E-state index contributed by atoms with van der Waals surface area (Å²) in [5, 5.41) is 12.1. The second-order valence-electron chi connectivity index (χ2n) is 4.35. The van der Waals surface area contributed by atoms with Gasteiger partial charge in [-0.25, -0.2) is 0 Å². The van der Waals surface area contributed by atoms with Crippen molar-refractivity contribution >= 4 is 5.97 Å². The molecule has 0 aliphatic heterocycles. The molecule has 1 aliphatic rings. The molecule has 2 unspecified atom stereocenters. The van der Waals surface area contributed by atoms with Gasteiger partial charge in [-0.15, -0.1) is 0 Å². The van der Waals surface area contributed by atoms with Crippen LogP contribution in [0.25, 0.3) is 0 Å². The van der Waals surface area contributed by atoms with Crippen molar-refractivity contribution in [3.05, 3.63) is 0 Å². The van der Waals surface area contributed by atoms with Gasteiger partial charge in [0, 0.05) is 6.04 Å². The predicted octanol–water partition coefficient (Wildman–Crippen LogP) is 1.48. The van der Waals surface area contributed by atoms with Crippen LogP contribution in [0.2, 0.25) is 0 Å². The van der Waals surface area contributed by atoms with Crippen LogP contribution >= 0.6 is 0 Å². The molecule has 1 fully saturated rings. The normalized spacial score (nSPS) is 21.5. The maximum Gasteiger partial charge on any atom is 0.320 e. The zero-order chi connectivity index (χ0) is 10.0. The first-order valence-electron chi connectivity index (χ1n) is 5.01. The number of carboxylic acids is 1. The Morgan fingerprint density at radius 1 is 1.38 bits per heavy atom. The minimum atomic E-state index is -0.734. The van der Waals surface area contributed by atoms with Gasteiger partial charge in [-0.2, -0.15) is 0 Å². The molecule has 0 amide bonds. The van der Waals surface area contributed by atoms with Crippen molar-refractivity contribution in [3.63, 3.8) is 0 Å². The number of carbonyl (C=O) groups is 1. The van der Waals surface area contributed by atoms with E-state index >= 15 is 0 Å². The van der Waals surface area contributed by atoms with E-state index in [1.54, 1.807) is 0 Å². The predicted molar refractivity (Wildman–Crippen MR) is 51.6 cm³/mol. The Bertz CT molecular complexity index is 187. The van der Waals surface area contributed by atoms with Gasteiger partial charge in [-0.05, 0) is 31.6 Å². The van der Waals surface area contributed by atoms with Crippen molar-refractivity contribution in [2.75, 3.05) is 0 Å². The van der Waals surface area contributed by atoms with Gasteiger partial charge >= 0.3 is 5.97 Å². The monoisotopic (exact) mass is 185 g/mol. The van der Waals surface area contributed by atoms with E-state index in [9.17, 15) is 4.79 Å². The van der Waals surface area contributed by atoms with E-state index in [1.807, 2.05) is 13.8 Å². The fraction of sp³-hybridized carbons (Fsp3) is 0.900. The number of rotatable bonds is 5. The molecule has 0 saturated heterocycles. The molecule has 0 spiro atoms. The third-order valence-corrected chi connectivity index (χ3v) is 2.70. The molecule has 1 rings (SSSR count). The Morgan fingerprint density at radius 2 is 1.92 bits per heavy atom. The maximum absolute atomic E-state index is 10.9. The van der Waals surface area contributed by atoms with Crippen LogP contribution < -0.4 is 5.32 Å². The van der Waals surface area contributed by atoms with Crippen LogP contribution in [0.4, 0.5) is 0 Å². The first-order valence-corrected chi connectivity index (χ1v) is 5.01. The lowest BCUT2D eigenvalue weighted by molar-refractivity contribution is -0.140. The highest BCUT2D eigenvalue weighted by Gasteiger charge is 2.31. The summed E-state index contributed by atoms with van der Waals surface area (Å²) in [6.45, 7) is 5.95. The largest absolute Gasteiger partial charge is 0.480 e. The van der Waals surface area contributed by atoms with Crippen LogP contribution in [0.3, 0.4) is 0 Å². The summed E-state index contributed by atoms with van der Waals surface area (Å²) in [6.07, 6.45) is 2.50. The first-order chi connectivity index (χ1) is 6.02. The third kappa shape index (κ3) is 2.99. The number of carboxylic acid groups (broad SMARTS) is 1. The summed E-state index contributed by atoms with van der Waals surface area (Å²) < 4.78 is 0. The van der Waals surface area contributed by atoms with E-state index in [4.69, 9.17) is 5.11 Å². The second kappa shape index (κ2) is 4.09. The van der Waals surface area contributed by atoms with Crippen LogP contribution in [-0.2, 0) is 4.79 Å². The summed E-state index contributed by atoms with van der Waals surface area (Å²) in [6, 6.07) is -0.0425. The Balaban J connectivity index is 2.41. The van der Waals surface area contributed by atoms with E-state index < -0.39 is 12.0 Å². The van der Waals surface area contributed by atoms with Gasteiger partial charge in [0.2, 0.25) is 0 Å². The van der Waals surface area contributed by atoms with Gasteiger partial charge in [0.15, 0.2) is 0 Å². The lowest BCUT2D eigenvalue weighted by Gasteiger charge is -2.22. The quantitative estimate of drug-likeness (QED) is 0.682. The molecule has 0 heterocycles. The zero-order valence-electron chi connectivity index (χ0n) is 8.58. The average molecular weight is 185 g/mol. The van der Waals surface area contributed by atoms with E-state index in [1.165, 1.54) is 12.8 Å². The highest BCUT2D eigenvalue weighted by atomic mass is 16.4. The minimum absolute atomic E-state index is 0.152. The van der Waals surface area contributed by atoms with E-state index in [0.717, 1.165) is 0 Å². The van der Waals surface area contributed by atoms with Gasteiger partial charge in [0.05, 0.1) is 0 Å². The average Bonchev–Trinajstić information content (AvgIpc) is 2.80. The Hall–Kier alpha value is -0.570. The zero-order valence-corrected chi connectivity index (χ0v) is 8.58. The molecule has 2 N–H and O–H groups in total. The van der Waals surface area contributed by atoms with Crippen LogP contribution in [0, 0.1) is 11.8 Å². The molecule has 3 nitrogen and oxygen atoms in total. The molecule has 0 aromatic rings. The highest BCUT2D eigenvalue weighted by molar-refractivity contribution is 5.73. The van der Waals surface area contributed by atoms with Gasteiger partial charge < -0.3 is 10.4 Å². The molecule has 1 saturated carbocycles. The maximum atomic E-state index is 10.9. The van der Waals surface area contributed by atoms with Crippen LogP contribution in [-0.4, -0.2) is 23.2 Å². The number of aliphatic carboxylic acids is 1. The van der Waals surface area contributed by atoms with Crippen LogP contribution in [0.5, 0.6) is 0 Å². The van der Waals surface area contributed by atoms with Crippen molar-refractivity contribution in [2.45, 2.75) is 45.7 Å². The number of nitrogens with one attached hydrogen (secondary N) is 1. The molecular weight excluding hydrogens is 166 g/mol. The summed E-state index contributed by atoms with van der Waals surface area (Å²) in [5.41, 5.74) is 0. The van der Waals surface area contributed by atoms with Crippen molar-refractivity contribution < 1.29 is 9.90 Å². The van der Waals surface area contributed by atoms with Crippen LogP contribution in [0.15, 0.2) is 0 Å². The van der Waals surface area contributed by atoms with E-state index in [-0.39, 0.29) is 5.92 Å². The molecule has 0 bridgehead atoms. The molecule has 1 aliphatic carbocycles. The smallest absolute Gasteiger partial charge is 0.320 e. The molecule has 76 valence electrons. The molecule has 2 atom stereocenters. The molecule has 0 radical (unpaired) electrons. The lowest BCUT2D eigenvalue weighted by atomic mass is 10.0. The Labute approximate surface area is 79.5 Å². The van der Waals surface area contributed by atoms with E-state index in [2.05, 4.69) is 12.2 Å². The minimum Gasteiger partial charge on any atom is -0.480 e. The SMILES string of the molecule is CC(C)C(NC(C)C1CC1)C(=O)O. The van der Waals surface area contributed by atoms with Crippen molar-refractivity contribution in [3.8, 4) is 0 Å². The number of hydrogen-bond donors (Lipinski definition) is 2. The summed E-state index contributed by atoms with van der Waals surface area (Å²) in [4.78, 5) is 10.9. The molecule has 0 aromatic heterocycles. The number of hydrogen-bond acceptors (Lipinski definition) is 2. The summed E-state index contributed by atoms with van der Waals surface area (Å²) in [5.74, 6) is 0.127. The van der Waals surface area contributed by atoms with Gasteiger partial charge in [-0.1, -0.05) is 13.8 Å². The first kappa shape index (κ1) is 10.5. The fourth-order valence-electron chi connectivity index (χ4n) is 1.56. The fourth-order valence-corrected chi connectivity index (χ4v) is 1.56.